The number of aliphatic hydroxyl groups is 1. The third kappa shape index (κ3) is 8.27. The fourth-order valence-electron chi connectivity index (χ4n) is 2.94. The van der Waals surface area contributed by atoms with Crippen LogP contribution in [0.2, 0.25) is 0 Å². The molecule has 9 nitrogen and oxygen atoms in total. The van der Waals surface area contributed by atoms with Crippen molar-refractivity contribution in [3.8, 4) is 5.75 Å². The SMILES string of the molecule is COC(=O)[C@H](Cc1ccccc1OC)NC(=O)C[C@H](O)CNC(=O)OCc1ccccc1. The molecule has 2 aromatic carbocycles. The summed E-state index contributed by atoms with van der Waals surface area (Å²) in [6, 6.07) is 15.3. The molecule has 0 spiro atoms. The van der Waals surface area contributed by atoms with Crippen LogP contribution in [-0.2, 0) is 32.1 Å². The number of benzene rings is 2. The van der Waals surface area contributed by atoms with E-state index >= 15 is 0 Å². The number of carbonyl (C=O) groups is 3. The predicted octanol–water partition coefficient (Wildman–Crippen LogP) is 1.57. The molecule has 0 unspecified atom stereocenters. The number of para-hydroxylation sites is 1. The minimum atomic E-state index is -1.16. The van der Waals surface area contributed by atoms with Crippen molar-refractivity contribution in [3.05, 3.63) is 65.7 Å². The molecule has 2 atom stereocenters. The van der Waals surface area contributed by atoms with E-state index in [4.69, 9.17) is 14.2 Å². The third-order valence-electron chi connectivity index (χ3n) is 4.55. The van der Waals surface area contributed by atoms with E-state index in [-0.39, 0.29) is 26.0 Å². The first-order valence-corrected chi connectivity index (χ1v) is 10.0. The number of aliphatic hydroxyl groups excluding tert-OH is 1. The lowest BCUT2D eigenvalue weighted by Crippen LogP contribution is -2.45. The van der Waals surface area contributed by atoms with Gasteiger partial charge in [-0.3, -0.25) is 4.79 Å². The molecular formula is C23H28N2O7. The van der Waals surface area contributed by atoms with Gasteiger partial charge in [0.25, 0.3) is 0 Å². The van der Waals surface area contributed by atoms with Crippen LogP contribution in [-0.4, -0.2) is 56.0 Å². The van der Waals surface area contributed by atoms with E-state index in [0.29, 0.717) is 11.3 Å². The lowest BCUT2D eigenvalue weighted by Gasteiger charge is -2.19. The maximum absolute atomic E-state index is 12.3. The van der Waals surface area contributed by atoms with E-state index in [9.17, 15) is 19.5 Å². The Bertz CT molecular complexity index is 889. The monoisotopic (exact) mass is 444 g/mol. The van der Waals surface area contributed by atoms with Crippen molar-refractivity contribution in [2.45, 2.75) is 31.6 Å². The van der Waals surface area contributed by atoms with Crippen LogP contribution in [0.4, 0.5) is 4.79 Å². The summed E-state index contributed by atoms with van der Waals surface area (Å²) in [7, 11) is 2.74. The van der Waals surface area contributed by atoms with Crippen molar-refractivity contribution in [1.29, 1.82) is 0 Å². The fraction of sp³-hybridized carbons (Fsp3) is 0.348. The zero-order chi connectivity index (χ0) is 23.3. The van der Waals surface area contributed by atoms with Crippen LogP contribution < -0.4 is 15.4 Å². The van der Waals surface area contributed by atoms with Crippen molar-refractivity contribution in [1.82, 2.24) is 10.6 Å². The molecule has 0 fully saturated rings. The fourth-order valence-corrected chi connectivity index (χ4v) is 2.94. The number of ether oxygens (including phenoxy) is 3. The number of nitrogens with one attached hydrogen (secondary N) is 2. The van der Waals surface area contributed by atoms with Gasteiger partial charge in [0, 0.05) is 13.0 Å². The molecule has 0 aliphatic heterocycles. The Morgan fingerprint density at radius 2 is 1.69 bits per heavy atom. The van der Waals surface area contributed by atoms with Crippen molar-refractivity contribution in [2.75, 3.05) is 20.8 Å². The van der Waals surface area contributed by atoms with Gasteiger partial charge in [0.05, 0.1) is 26.7 Å². The predicted molar refractivity (Wildman–Crippen MR) is 116 cm³/mol. The summed E-state index contributed by atoms with van der Waals surface area (Å²) in [5.74, 6) is -0.613. The molecule has 0 radical (unpaired) electrons. The molecule has 0 aliphatic carbocycles. The van der Waals surface area contributed by atoms with Crippen LogP contribution in [0.15, 0.2) is 54.6 Å². The number of hydrogen-bond acceptors (Lipinski definition) is 7. The zero-order valence-electron chi connectivity index (χ0n) is 18.1. The quantitative estimate of drug-likeness (QED) is 0.450. The van der Waals surface area contributed by atoms with E-state index < -0.39 is 30.1 Å². The molecule has 32 heavy (non-hydrogen) atoms. The molecule has 2 aromatic rings. The third-order valence-corrected chi connectivity index (χ3v) is 4.55. The first-order valence-electron chi connectivity index (χ1n) is 10.0. The summed E-state index contributed by atoms with van der Waals surface area (Å²) in [5, 5.41) is 15.0. The topological polar surface area (TPSA) is 123 Å². The van der Waals surface area contributed by atoms with Gasteiger partial charge in [-0.2, -0.15) is 0 Å². The highest BCUT2D eigenvalue weighted by molar-refractivity contribution is 5.85. The Balaban J connectivity index is 1.81. The number of alkyl carbamates (subject to hydrolysis) is 1. The number of amides is 2. The maximum Gasteiger partial charge on any atom is 0.407 e. The summed E-state index contributed by atoms with van der Waals surface area (Å²) < 4.78 is 15.1. The molecule has 172 valence electrons. The van der Waals surface area contributed by atoms with Crippen LogP contribution in [0, 0.1) is 0 Å². The largest absolute Gasteiger partial charge is 0.496 e. The molecule has 2 rings (SSSR count). The van der Waals surface area contributed by atoms with Gasteiger partial charge in [0.1, 0.15) is 18.4 Å². The standard InChI is InChI=1S/C23H28N2O7/c1-30-20-11-7-6-10-17(20)12-19(22(28)31-2)25-21(27)13-18(26)14-24-23(29)32-15-16-8-4-3-5-9-16/h3-11,18-19,26H,12-15H2,1-2H3,(H,24,29)(H,25,27)/t18-,19-/m0/s1. The lowest BCUT2D eigenvalue weighted by molar-refractivity contribution is -0.145. The normalized spacial score (nSPS) is 12.2. The average Bonchev–Trinajstić information content (AvgIpc) is 2.81. The van der Waals surface area contributed by atoms with E-state index in [2.05, 4.69) is 10.6 Å². The van der Waals surface area contributed by atoms with Crippen molar-refractivity contribution in [2.24, 2.45) is 0 Å². The van der Waals surface area contributed by atoms with E-state index in [1.165, 1.54) is 14.2 Å². The summed E-state index contributed by atoms with van der Waals surface area (Å²) in [5.41, 5.74) is 1.54. The van der Waals surface area contributed by atoms with E-state index in [1.807, 2.05) is 30.3 Å². The Morgan fingerprint density at radius 3 is 2.38 bits per heavy atom. The van der Waals surface area contributed by atoms with Crippen molar-refractivity contribution < 1.29 is 33.7 Å². The highest BCUT2D eigenvalue weighted by atomic mass is 16.5. The Labute approximate surface area is 186 Å². The molecule has 0 heterocycles. The molecule has 0 aromatic heterocycles. The Kier molecular flexibility index (Phi) is 9.99. The van der Waals surface area contributed by atoms with Crippen LogP contribution in [0.3, 0.4) is 0 Å². The van der Waals surface area contributed by atoms with Gasteiger partial charge in [0.2, 0.25) is 5.91 Å². The zero-order valence-corrected chi connectivity index (χ0v) is 18.1. The van der Waals surface area contributed by atoms with Crippen LogP contribution in [0.5, 0.6) is 5.75 Å². The van der Waals surface area contributed by atoms with Crippen LogP contribution in [0.25, 0.3) is 0 Å². The Hall–Kier alpha value is -3.59. The van der Waals surface area contributed by atoms with Gasteiger partial charge >= 0.3 is 12.1 Å². The van der Waals surface area contributed by atoms with Crippen LogP contribution >= 0.6 is 0 Å². The summed E-state index contributed by atoms with van der Waals surface area (Å²) in [6.07, 6.45) is -2.04. The van der Waals surface area contributed by atoms with Gasteiger partial charge < -0.3 is 30.0 Å². The van der Waals surface area contributed by atoms with E-state index in [1.54, 1.807) is 24.3 Å². The average molecular weight is 444 g/mol. The number of methoxy groups -OCH3 is 2. The molecule has 0 saturated heterocycles. The van der Waals surface area contributed by atoms with Crippen LogP contribution in [0.1, 0.15) is 17.5 Å². The number of esters is 1. The molecule has 0 saturated carbocycles. The van der Waals surface area contributed by atoms with Crippen molar-refractivity contribution >= 4 is 18.0 Å². The lowest BCUT2D eigenvalue weighted by atomic mass is 10.0. The van der Waals surface area contributed by atoms with Gasteiger partial charge in [-0.25, -0.2) is 9.59 Å². The second-order valence-electron chi connectivity index (χ2n) is 6.96. The van der Waals surface area contributed by atoms with Gasteiger partial charge in [-0.15, -0.1) is 0 Å². The molecule has 2 amide bonds. The van der Waals surface area contributed by atoms with Gasteiger partial charge in [0.15, 0.2) is 0 Å². The number of carbonyl (C=O) groups excluding carboxylic acids is 3. The molecule has 3 N–H and O–H groups in total. The minimum Gasteiger partial charge on any atom is -0.496 e. The maximum atomic E-state index is 12.3. The molecule has 0 aliphatic rings. The minimum absolute atomic E-state index is 0.0903. The first-order chi connectivity index (χ1) is 15.4. The first kappa shape index (κ1) is 24.7. The molecule has 9 heteroatoms. The highest BCUT2D eigenvalue weighted by Crippen LogP contribution is 2.19. The second-order valence-corrected chi connectivity index (χ2v) is 6.96. The summed E-state index contributed by atoms with van der Waals surface area (Å²) >= 11 is 0. The van der Waals surface area contributed by atoms with E-state index in [0.717, 1.165) is 5.56 Å². The number of hydrogen-bond donors (Lipinski definition) is 3. The second kappa shape index (κ2) is 13.0. The van der Waals surface area contributed by atoms with Gasteiger partial charge in [-0.05, 0) is 17.2 Å². The summed E-state index contributed by atoms with van der Waals surface area (Å²) in [6.45, 7) is -0.0938. The molecular weight excluding hydrogens is 416 g/mol. The Morgan fingerprint density at radius 1 is 1.00 bits per heavy atom. The number of rotatable bonds is 11. The smallest absolute Gasteiger partial charge is 0.407 e. The highest BCUT2D eigenvalue weighted by Gasteiger charge is 2.24. The van der Waals surface area contributed by atoms with Crippen molar-refractivity contribution in [3.63, 3.8) is 0 Å². The molecule has 0 bridgehead atoms. The van der Waals surface area contributed by atoms with Gasteiger partial charge in [-0.1, -0.05) is 48.5 Å². The summed E-state index contributed by atoms with van der Waals surface area (Å²) in [4.78, 5) is 36.2.